The lowest BCUT2D eigenvalue weighted by atomic mass is 9.63. The topological polar surface area (TPSA) is 17.1 Å². The van der Waals surface area contributed by atoms with Gasteiger partial charge in [0.1, 0.15) is 0 Å². The lowest BCUT2D eigenvalue weighted by Crippen LogP contribution is -2.39. The summed E-state index contributed by atoms with van der Waals surface area (Å²) in [6.45, 7) is 6.62. The molecule has 0 spiro atoms. The molecule has 0 heterocycles. The predicted octanol–water partition coefficient (Wildman–Crippen LogP) is 5.55. The summed E-state index contributed by atoms with van der Waals surface area (Å²) in [5, 5.41) is -0.0659. The van der Waals surface area contributed by atoms with E-state index < -0.39 is 0 Å². The molecule has 3 unspecified atom stereocenters. The normalized spacial score (nSPS) is 33.8. The van der Waals surface area contributed by atoms with Crippen LogP contribution in [-0.2, 0) is 4.79 Å². The molecule has 106 valence electrons. The van der Waals surface area contributed by atoms with E-state index in [0.29, 0.717) is 11.8 Å². The van der Waals surface area contributed by atoms with Crippen LogP contribution in [0.15, 0.2) is 0 Å². The second-order valence-corrected chi connectivity index (χ2v) is 6.38. The van der Waals surface area contributed by atoms with Crippen LogP contribution in [0.5, 0.6) is 0 Å². The Morgan fingerprint density at radius 3 is 2.39 bits per heavy atom. The van der Waals surface area contributed by atoms with E-state index in [2.05, 4.69) is 20.8 Å². The van der Waals surface area contributed by atoms with E-state index in [-0.39, 0.29) is 10.7 Å². The maximum Gasteiger partial charge on any atom is 0.228 e. The van der Waals surface area contributed by atoms with Crippen molar-refractivity contribution >= 4 is 16.8 Å². The first-order valence-electron chi connectivity index (χ1n) is 7.80. The van der Waals surface area contributed by atoms with Gasteiger partial charge in [0.15, 0.2) is 0 Å². The van der Waals surface area contributed by atoms with Gasteiger partial charge in [-0.25, -0.2) is 0 Å². The molecule has 0 aromatic heterocycles. The third-order valence-corrected chi connectivity index (χ3v) is 5.46. The highest BCUT2D eigenvalue weighted by Gasteiger charge is 2.44. The summed E-state index contributed by atoms with van der Waals surface area (Å²) >= 11 is 6.05. The van der Waals surface area contributed by atoms with Gasteiger partial charge in [-0.1, -0.05) is 52.9 Å². The fourth-order valence-electron chi connectivity index (χ4n) is 3.81. The van der Waals surface area contributed by atoms with Crippen molar-refractivity contribution in [1.29, 1.82) is 0 Å². The van der Waals surface area contributed by atoms with Crippen LogP contribution in [0.25, 0.3) is 0 Å². The fraction of sp³-hybridized carbons (Fsp3) is 0.938. The summed E-state index contributed by atoms with van der Waals surface area (Å²) in [6.07, 6.45) is 10.5. The van der Waals surface area contributed by atoms with Crippen LogP contribution in [0.4, 0.5) is 0 Å². The molecule has 0 amide bonds. The minimum atomic E-state index is -0.237. The number of rotatable bonds is 5. The minimum Gasteiger partial charge on any atom is -0.281 e. The van der Waals surface area contributed by atoms with Gasteiger partial charge in [-0.15, -0.1) is 0 Å². The molecule has 0 N–H and O–H groups in total. The number of carbonyl (C=O) groups is 1. The van der Waals surface area contributed by atoms with Crippen molar-refractivity contribution in [3.8, 4) is 0 Å². The van der Waals surface area contributed by atoms with Crippen LogP contribution in [0.1, 0.15) is 78.6 Å². The van der Waals surface area contributed by atoms with E-state index in [1.54, 1.807) is 0 Å². The Morgan fingerprint density at radius 1 is 1.22 bits per heavy atom. The Balaban J connectivity index is 2.99. The molecule has 0 aromatic carbocycles. The maximum atomic E-state index is 12.1. The summed E-state index contributed by atoms with van der Waals surface area (Å²) in [5.74, 6) is 1.19. The highest BCUT2D eigenvalue weighted by Crippen LogP contribution is 2.47. The van der Waals surface area contributed by atoms with Gasteiger partial charge in [-0.3, -0.25) is 4.79 Å². The number of halogens is 1. The zero-order chi connectivity index (χ0) is 13.6. The summed E-state index contributed by atoms with van der Waals surface area (Å²) in [6, 6.07) is 0. The van der Waals surface area contributed by atoms with Gasteiger partial charge in [0.05, 0.1) is 0 Å². The highest BCUT2D eigenvalue weighted by molar-refractivity contribution is 6.64. The molecule has 3 atom stereocenters. The lowest BCUT2D eigenvalue weighted by Gasteiger charge is -2.41. The van der Waals surface area contributed by atoms with Crippen LogP contribution in [0, 0.1) is 17.3 Å². The first-order chi connectivity index (χ1) is 8.60. The van der Waals surface area contributed by atoms with Crippen LogP contribution >= 0.6 is 11.6 Å². The number of carbonyl (C=O) groups excluding carboxylic acids is 1. The average Bonchev–Trinajstić information content (AvgIpc) is 2.34. The monoisotopic (exact) mass is 272 g/mol. The second-order valence-electron chi connectivity index (χ2n) is 6.03. The van der Waals surface area contributed by atoms with E-state index in [0.717, 1.165) is 25.7 Å². The third-order valence-electron chi connectivity index (χ3n) is 5.09. The SMILES string of the molecule is CCCC1CCCCC(CC)CC1(CC)C(=O)Cl. The van der Waals surface area contributed by atoms with Crippen LogP contribution in [0.2, 0.25) is 0 Å². The van der Waals surface area contributed by atoms with Crippen molar-refractivity contribution in [1.82, 2.24) is 0 Å². The first kappa shape index (κ1) is 16.0. The molecule has 0 bridgehead atoms. The fourth-order valence-corrected chi connectivity index (χ4v) is 4.18. The van der Waals surface area contributed by atoms with E-state index in [9.17, 15) is 4.79 Å². The Morgan fingerprint density at radius 2 is 1.89 bits per heavy atom. The second kappa shape index (κ2) is 7.53. The molecule has 2 heteroatoms. The molecule has 1 fully saturated rings. The minimum absolute atomic E-state index is 0.0659. The van der Waals surface area contributed by atoms with Crippen molar-refractivity contribution < 1.29 is 4.79 Å². The van der Waals surface area contributed by atoms with Gasteiger partial charge < -0.3 is 0 Å². The summed E-state index contributed by atoms with van der Waals surface area (Å²) in [5.41, 5.74) is -0.237. The summed E-state index contributed by atoms with van der Waals surface area (Å²) in [7, 11) is 0. The standard InChI is InChI=1S/C16H29ClO/c1-4-9-14-11-8-7-10-13(5-2)12-16(14,6-3)15(17)18/h13-14H,4-12H2,1-3H3. The Labute approximate surface area is 118 Å². The van der Waals surface area contributed by atoms with Crippen molar-refractivity contribution in [2.75, 3.05) is 0 Å². The molecular formula is C16H29ClO. The van der Waals surface area contributed by atoms with E-state index in [4.69, 9.17) is 11.6 Å². The smallest absolute Gasteiger partial charge is 0.228 e. The Bertz CT molecular complexity index is 264. The molecular weight excluding hydrogens is 244 g/mol. The van der Waals surface area contributed by atoms with E-state index in [1.165, 1.54) is 32.1 Å². The third kappa shape index (κ3) is 3.50. The van der Waals surface area contributed by atoms with E-state index in [1.807, 2.05) is 0 Å². The summed E-state index contributed by atoms with van der Waals surface area (Å²) < 4.78 is 0. The largest absolute Gasteiger partial charge is 0.281 e. The van der Waals surface area contributed by atoms with E-state index >= 15 is 0 Å². The molecule has 1 nitrogen and oxygen atoms in total. The molecule has 0 aliphatic heterocycles. The highest BCUT2D eigenvalue weighted by atomic mass is 35.5. The van der Waals surface area contributed by atoms with Gasteiger partial charge in [0.25, 0.3) is 0 Å². The zero-order valence-electron chi connectivity index (χ0n) is 12.3. The number of hydrogen-bond donors (Lipinski definition) is 0. The molecule has 1 saturated carbocycles. The lowest BCUT2D eigenvalue weighted by molar-refractivity contribution is -0.126. The van der Waals surface area contributed by atoms with Crippen molar-refractivity contribution in [2.45, 2.75) is 78.6 Å². The predicted molar refractivity (Wildman–Crippen MR) is 78.8 cm³/mol. The number of hydrogen-bond acceptors (Lipinski definition) is 1. The molecule has 0 saturated heterocycles. The van der Waals surface area contributed by atoms with Gasteiger partial charge >= 0.3 is 0 Å². The molecule has 1 aliphatic rings. The van der Waals surface area contributed by atoms with Gasteiger partial charge in [-0.05, 0) is 49.1 Å². The molecule has 18 heavy (non-hydrogen) atoms. The van der Waals surface area contributed by atoms with Crippen molar-refractivity contribution in [3.05, 3.63) is 0 Å². The van der Waals surface area contributed by atoms with Crippen LogP contribution in [-0.4, -0.2) is 5.24 Å². The first-order valence-corrected chi connectivity index (χ1v) is 8.18. The molecule has 1 rings (SSSR count). The maximum absolute atomic E-state index is 12.1. The van der Waals surface area contributed by atoms with Gasteiger partial charge in [0.2, 0.25) is 5.24 Å². The average molecular weight is 273 g/mol. The van der Waals surface area contributed by atoms with Gasteiger partial charge in [0, 0.05) is 5.41 Å². The van der Waals surface area contributed by atoms with Crippen LogP contribution in [0.3, 0.4) is 0 Å². The quantitative estimate of drug-likeness (QED) is 0.599. The zero-order valence-corrected chi connectivity index (χ0v) is 13.1. The molecule has 0 radical (unpaired) electrons. The van der Waals surface area contributed by atoms with Crippen molar-refractivity contribution in [3.63, 3.8) is 0 Å². The molecule has 0 aromatic rings. The van der Waals surface area contributed by atoms with Gasteiger partial charge in [-0.2, -0.15) is 0 Å². The summed E-state index contributed by atoms with van der Waals surface area (Å²) in [4.78, 5) is 12.1. The molecule has 1 aliphatic carbocycles. The van der Waals surface area contributed by atoms with Crippen LogP contribution < -0.4 is 0 Å². The Hall–Kier alpha value is -0.0400. The van der Waals surface area contributed by atoms with Crippen molar-refractivity contribution in [2.24, 2.45) is 17.3 Å². The Kier molecular flexibility index (Phi) is 6.70.